The van der Waals surface area contributed by atoms with Crippen molar-refractivity contribution >= 4 is 25.2 Å². The molecule has 182 valence electrons. The van der Waals surface area contributed by atoms with Crippen LogP contribution in [-0.4, -0.2) is 36.6 Å². The Morgan fingerprint density at radius 3 is 1.31 bits per heavy atom. The van der Waals surface area contributed by atoms with Gasteiger partial charge in [-0.25, -0.2) is 0 Å². The molecule has 2 fully saturated rings. The average molecular weight is 471 g/mol. The molecule has 3 aliphatic rings. The monoisotopic (exact) mass is 471 g/mol. The molecule has 5 nitrogen and oxygen atoms in total. The maximum atomic E-state index is 9.95. The minimum Gasteiger partial charge on any atom is -0.399 e. The number of nitriles is 1. The Morgan fingerprint density at radius 2 is 1.00 bits per heavy atom. The topological polar surface area (TPSA) is 60.7 Å². The van der Waals surface area contributed by atoms with Crippen LogP contribution >= 0.6 is 0 Å². The standard InChI is InChI=1S/C28H35B2NO4/c1-25(2)26(3,4)33-29(32-25)21-9-11-23-19(15-21)13-18(17-31)14-20-16-22(10-12-24(20)23)30-34-27(5,6)28(7,8)35-30/h9-12,15-16,18H,13-14H2,1-8H3. The van der Waals surface area contributed by atoms with Crippen molar-refractivity contribution in [1.29, 1.82) is 5.26 Å². The van der Waals surface area contributed by atoms with E-state index < -0.39 is 36.6 Å². The van der Waals surface area contributed by atoms with Gasteiger partial charge in [-0.15, -0.1) is 0 Å². The van der Waals surface area contributed by atoms with Gasteiger partial charge in [0.15, 0.2) is 0 Å². The van der Waals surface area contributed by atoms with E-state index in [1.165, 1.54) is 11.1 Å². The van der Waals surface area contributed by atoms with E-state index in [2.05, 4.69) is 97.9 Å². The zero-order valence-corrected chi connectivity index (χ0v) is 22.2. The van der Waals surface area contributed by atoms with Gasteiger partial charge in [0.1, 0.15) is 0 Å². The molecule has 0 spiro atoms. The second-order valence-electron chi connectivity index (χ2n) is 12.2. The van der Waals surface area contributed by atoms with Gasteiger partial charge in [0.25, 0.3) is 0 Å². The molecule has 2 aromatic rings. The first-order chi connectivity index (χ1) is 16.2. The van der Waals surface area contributed by atoms with Crippen LogP contribution in [0.4, 0.5) is 0 Å². The van der Waals surface area contributed by atoms with Crippen LogP contribution in [0, 0.1) is 17.2 Å². The maximum Gasteiger partial charge on any atom is 0.494 e. The molecule has 2 aromatic carbocycles. The summed E-state index contributed by atoms with van der Waals surface area (Å²) in [5.74, 6) is -0.114. The van der Waals surface area contributed by atoms with Gasteiger partial charge in [-0.05, 0) is 101 Å². The predicted molar refractivity (Wildman–Crippen MR) is 140 cm³/mol. The molecule has 2 saturated heterocycles. The third kappa shape index (κ3) is 4.05. The van der Waals surface area contributed by atoms with Gasteiger partial charge in [0.2, 0.25) is 0 Å². The number of rotatable bonds is 2. The molecule has 0 unspecified atom stereocenters. The van der Waals surface area contributed by atoms with Gasteiger partial charge in [-0.2, -0.15) is 5.26 Å². The lowest BCUT2D eigenvalue weighted by Crippen LogP contribution is -2.41. The molecule has 7 heteroatoms. The molecule has 2 heterocycles. The second-order valence-corrected chi connectivity index (χ2v) is 12.2. The zero-order chi connectivity index (χ0) is 25.4. The number of fused-ring (bicyclic) bond motifs is 3. The predicted octanol–water partition coefficient (Wildman–Crippen LogP) is 4.19. The maximum absolute atomic E-state index is 9.95. The highest BCUT2D eigenvalue weighted by Crippen LogP contribution is 2.39. The molecule has 0 bridgehead atoms. The lowest BCUT2D eigenvalue weighted by molar-refractivity contribution is 0.00578. The second kappa shape index (κ2) is 7.95. The number of hydrogen-bond donors (Lipinski definition) is 0. The highest BCUT2D eigenvalue weighted by atomic mass is 16.7. The Hall–Kier alpha value is -2.10. The molecular weight excluding hydrogens is 436 g/mol. The summed E-state index contributed by atoms with van der Waals surface area (Å²) in [6.45, 7) is 16.5. The summed E-state index contributed by atoms with van der Waals surface area (Å²) >= 11 is 0. The van der Waals surface area contributed by atoms with E-state index in [4.69, 9.17) is 18.6 Å². The molecule has 2 aliphatic heterocycles. The molecular formula is C28H35B2NO4. The smallest absolute Gasteiger partial charge is 0.399 e. The van der Waals surface area contributed by atoms with Crippen LogP contribution in [0.2, 0.25) is 0 Å². The Bertz CT molecular complexity index is 1090. The van der Waals surface area contributed by atoms with Crippen LogP contribution in [-0.2, 0) is 31.5 Å². The minimum atomic E-state index is -0.417. The average Bonchev–Trinajstić information content (AvgIpc) is 3.04. The van der Waals surface area contributed by atoms with E-state index >= 15 is 0 Å². The highest BCUT2D eigenvalue weighted by Gasteiger charge is 2.53. The largest absolute Gasteiger partial charge is 0.494 e. The lowest BCUT2D eigenvalue weighted by atomic mass is 9.75. The third-order valence-electron chi connectivity index (χ3n) is 8.71. The molecule has 1 aliphatic carbocycles. The van der Waals surface area contributed by atoms with Crippen molar-refractivity contribution in [2.45, 2.75) is 90.6 Å². The fraction of sp³-hybridized carbons (Fsp3) is 0.536. The van der Waals surface area contributed by atoms with Crippen LogP contribution in [0.25, 0.3) is 11.1 Å². The molecule has 0 amide bonds. The van der Waals surface area contributed by atoms with Gasteiger partial charge in [-0.1, -0.05) is 36.4 Å². The lowest BCUT2D eigenvalue weighted by Gasteiger charge is -2.32. The normalized spacial score (nSPS) is 24.0. The zero-order valence-electron chi connectivity index (χ0n) is 22.2. The van der Waals surface area contributed by atoms with Crippen molar-refractivity contribution in [3.8, 4) is 17.2 Å². The minimum absolute atomic E-state index is 0.114. The van der Waals surface area contributed by atoms with Crippen molar-refractivity contribution in [2.24, 2.45) is 5.92 Å². The summed E-state index contributed by atoms with van der Waals surface area (Å²) in [5, 5.41) is 9.95. The number of benzene rings is 2. The van der Waals surface area contributed by atoms with Crippen LogP contribution in [0.1, 0.15) is 66.5 Å². The highest BCUT2D eigenvalue weighted by molar-refractivity contribution is 6.62. The van der Waals surface area contributed by atoms with Gasteiger partial charge < -0.3 is 18.6 Å². The summed E-state index contributed by atoms with van der Waals surface area (Å²) in [6.07, 6.45) is 1.39. The molecule has 5 rings (SSSR count). The van der Waals surface area contributed by atoms with Crippen molar-refractivity contribution < 1.29 is 18.6 Å². The Labute approximate surface area is 210 Å². The van der Waals surface area contributed by atoms with Crippen molar-refractivity contribution in [2.75, 3.05) is 0 Å². The molecule has 35 heavy (non-hydrogen) atoms. The van der Waals surface area contributed by atoms with Gasteiger partial charge in [0, 0.05) is 0 Å². The van der Waals surface area contributed by atoms with E-state index in [0.717, 1.165) is 22.1 Å². The van der Waals surface area contributed by atoms with Crippen LogP contribution < -0.4 is 10.9 Å². The molecule has 0 aromatic heterocycles. The Kier molecular flexibility index (Phi) is 5.58. The first kappa shape index (κ1) is 24.6. The molecule has 0 atom stereocenters. The SMILES string of the molecule is CC1(C)OB(c2ccc3c(c2)CC(C#N)Cc2cc(B4OC(C)(C)C(C)(C)O4)ccc2-3)OC1(C)C. The summed E-state index contributed by atoms with van der Waals surface area (Å²) in [7, 11) is -0.835. The Balaban J connectivity index is 1.51. The number of hydrogen-bond acceptors (Lipinski definition) is 5. The summed E-state index contributed by atoms with van der Waals surface area (Å²) < 4.78 is 25.1. The van der Waals surface area contributed by atoms with Gasteiger partial charge in [-0.3, -0.25) is 0 Å². The molecule has 0 N–H and O–H groups in total. The van der Waals surface area contributed by atoms with E-state index in [9.17, 15) is 5.26 Å². The van der Waals surface area contributed by atoms with Crippen LogP contribution in [0.3, 0.4) is 0 Å². The van der Waals surface area contributed by atoms with Gasteiger partial charge in [0.05, 0.1) is 34.4 Å². The molecule has 0 saturated carbocycles. The first-order valence-electron chi connectivity index (χ1n) is 12.6. The third-order valence-corrected chi connectivity index (χ3v) is 8.71. The summed E-state index contributed by atoms with van der Waals surface area (Å²) in [4.78, 5) is 0. The Morgan fingerprint density at radius 1 is 0.657 bits per heavy atom. The van der Waals surface area contributed by atoms with Gasteiger partial charge >= 0.3 is 14.2 Å². The molecule has 0 radical (unpaired) electrons. The quantitative estimate of drug-likeness (QED) is 0.615. The van der Waals surface area contributed by atoms with E-state index in [1.54, 1.807) is 0 Å². The summed E-state index contributed by atoms with van der Waals surface area (Å²) in [5.41, 5.74) is 5.07. The van der Waals surface area contributed by atoms with E-state index in [1.807, 2.05) is 0 Å². The van der Waals surface area contributed by atoms with Crippen molar-refractivity contribution in [3.63, 3.8) is 0 Å². The first-order valence-corrected chi connectivity index (χ1v) is 12.6. The fourth-order valence-electron chi connectivity index (χ4n) is 5.04. The van der Waals surface area contributed by atoms with Crippen molar-refractivity contribution in [3.05, 3.63) is 47.5 Å². The summed E-state index contributed by atoms with van der Waals surface area (Å²) in [6, 6.07) is 15.4. The van der Waals surface area contributed by atoms with Crippen molar-refractivity contribution in [1.82, 2.24) is 0 Å². The van der Waals surface area contributed by atoms with Crippen LogP contribution in [0.15, 0.2) is 36.4 Å². The van der Waals surface area contributed by atoms with E-state index in [0.29, 0.717) is 12.8 Å². The fourth-order valence-corrected chi connectivity index (χ4v) is 5.04. The van der Waals surface area contributed by atoms with Crippen LogP contribution in [0.5, 0.6) is 0 Å². The number of nitrogens with zero attached hydrogens (tertiary/aromatic N) is 1. The van der Waals surface area contributed by atoms with E-state index in [-0.39, 0.29) is 5.92 Å².